The molecule has 1 aliphatic rings. The van der Waals surface area contributed by atoms with Crippen molar-refractivity contribution < 1.29 is 18.1 Å². The minimum absolute atomic E-state index is 0.0308. The van der Waals surface area contributed by atoms with Crippen LogP contribution in [0.15, 0.2) is 12.3 Å². The van der Waals surface area contributed by atoms with Crippen LogP contribution in [0.1, 0.15) is 19.5 Å². The first-order chi connectivity index (χ1) is 9.70. The molecule has 2 atom stereocenters. The number of anilines is 1. The maximum Gasteiger partial charge on any atom is 0.433 e. The highest BCUT2D eigenvalue weighted by atomic mass is 19.4. The molecule has 21 heavy (non-hydrogen) atoms. The summed E-state index contributed by atoms with van der Waals surface area (Å²) in [5.41, 5.74) is -1.58. The zero-order valence-electron chi connectivity index (χ0n) is 11.5. The highest BCUT2D eigenvalue weighted by molar-refractivity contribution is 5.64. The Kier molecular flexibility index (Phi) is 4.04. The van der Waals surface area contributed by atoms with Gasteiger partial charge in [0.1, 0.15) is 17.6 Å². The summed E-state index contributed by atoms with van der Waals surface area (Å²) < 4.78 is 38.3. The molecule has 6 nitrogen and oxygen atoms in total. The van der Waals surface area contributed by atoms with E-state index < -0.39 is 22.5 Å². The van der Waals surface area contributed by atoms with Gasteiger partial charge < -0.3 is 10.2 Å². The molecule has 1 N–H and O–H groups in total. The molecule has 0 amide bonds. The van der Waals surface area contributed by atoms with Gasteiger partial charge in [-0.3, -0.25) is 10.1 Å². The lowest BCUT2D eigenvalue weighted by Crippen LogP contribution is -2.54. The highest BCUT2D eigenvalue weighted by Crippen LogP contribution is 2.36. The van der Waals surface area contributed by atoms with E-state index in [0.29, 0.717) is 19.3 Å². The summed E-state index contributed by atoms with van der Waals surface area (Å²) in [5.74, 6) is 0. The summed E-state index contributed by atoms with van der Waals surface area (Å²) >= 11 is 0. The standard InChI is InChI=1S/C12H15F3N4O2/c1-7-6-18(8(2)4-16-7)9-3-11(12(13,14)15)17-5-10(9)19(20)21/h3,5,7-8,16H,4,6H2,1-2H3. The molecule has 2 rings (SSSR count). The molecule has 2 unspecified atom stereocenters. The molecule has 116 valence electrons. The van der Waals surface area contributed by atoms with Crippen molar-refractivity contribution in [3.05, 3.63) is 28.1 Å². The van der Waals surface area contributed by atoms with Crippen molar-refractivity contribution in [2.24, 2.45) is 0 Å². The Morgan fingerprint density at radius 1 is 1.48 bits per heavy atom. The third-order valence-electron chi connectivity index (χ3n) is 3.42. The largest absolute Gasteiger partial charge is 0.433 e. The summed E-state index contributed by atoms with van der Waals surface area (Å²) in [6.07, 6.45) is -3.95. The molecular formula is C12H15F3N4O2. The van der Waals surface area contributed by atoms with Crippen LogP contribution in [0.25, 0.3) is 0 Å². The first-order valence-corrected chi connectivity index (χ1v) is 6.41. The third kappa shape index (κ3) is 3.23. The van der Waals surface area contributed by atoms with Gasteiger partial charge in [-0.25, -0.2) is 4.98 Å². The molecule has 9 heteroatoms. The fraction of sp³-hybridized carbons (Fsp3) is 0.583. The molecule has 0 saturated carbocycles. The van der Waals surface area contributed by atoms with Crippen LogP contribution in [-0.2, 0) is 6.18 Å². The number of aromatic nitrogens is 1. The predicted molar refractivity (Wildman–Crippen MR) is 70.2 cm³/mol. The van der Waals surface area contributed by atoms with Crippen molar-refractivity contribution in [2.75, 3.05) is 18.0 Å². The Morgan fingerprint density at radius 3 is 2.71 bits per heavy atom. The van der Waals surface area contributed by atoms with Crippen molar-refractivity contribution >= 4 is 11.4 Å². The SMILES string of the molecule is CC1CN(c2cc(C(F)(F)F)ncc2[N+](=O)[O-])C(C)CN1. The second-order valence-corrected chi connectivity index (χ2v) is 5.12. The van der Waals surface area contributed by atoms with Gasteiger partial charge in [0.2, 0.25) is 0 Å². The van der Waals surface area contributed by atoms with Crippen molar-refractivity contribution in [1.82, 2.24) is 10.3 Å². The Labute approximate surface area is 119 Å². The maximum absolute atomic E-state index is 12.8. The molecule has 1 aromatic rings. The number of rotatable bonds is 2. The Balaban J connectivity index is 2.50. The number of halogens is 3. The van der Waals surface area contributed by atoms with Gasteiger partial charge in [-0.2, -0.15) is 13.2 Å². The van der Waals surface area contributed by atoms with Crippen molar-refractivity contribution in [3.63, 3.8) is 0 Å². The van der Waals surface area contributed by atoms with Crippen LogP contribution < -0.4 is 10.2 Å². The van der Waals surface area contributed by atoms with Crippen molar-refractivity contribution in [1.29, 1.82) is 0 Å². The van der Waals surface area contributed by atoms with Gasteiger partial charge >= 0.3 is 11.9 Å². The van der Waals surface area contributed by atoms with Gasteiger partial charge in [0, 0.05) is 25.2 Å². The van der Waals surface area contributed by atoms with E-state index in [9.17, 15) is 23.3 Å². The number of piperazine rings is 1. The molecule has 1 saturated heterocycles. The van der Waals surface area contributed by atoms with Gasteiger partial charge in [-0.15, -0.1) is 0 Å². The van der Waals surface area contributed by atoms with E-state index >= 15 is 0 Å². The fourth-order valence-electron chi connectivity index (χ4n) is 2.32. The molecule has 2 heterocycles. The smallest absolute Gasteiger partial charge is 0.360 e. The first-order valence-electron chi connectivity index (χ1n) is 6.41. The van der Waals surface area contributed by atoms with E-state index in [0.717, 1.165) is 6.07 Å². The number of pyridine rings is 1. The average molecular weight is 304 g/mol. The lowest BCUT2D eigenvalue weighted by molar-refractivity contribution is -0.384. The monoisotopic (exact) mass is 304 g/mol. The van der Waals surface area contributed by atoms with Crippen LogP contribution >= 0.6 is 0 Å². The molecule has 0 spiro atoms. The number of nitrogens with one attached hydrogen (secondary N) is 1. The third-order valence-corrected chi connectivity index (χ3v) is 3.42. The van der Waals surface area contributed by atoms with E-state index in [4.69, 9.17) is 0 Å². The van der Waals surface area contributed by atoms with Crippen LogP contribution in [0.5, 0.6) is 0 Å². The van der Waals surface area contributed by atoms with E-state index in [1.807, 2.05) is 6.92 Å². The Hall–Kier alpha value is -1.90. The Morgan fingerprint density at radius 2 is 2.14 bits per heavy atom. The summed E-state index contributed by atoms with van der Waals surface area (Å²) in [4.78, 5) is 15.1. The van der Waals surface area contributed by atoms with E-state index in [1.54, 1.807) is 11.8 Å². The number of hydrogen-bond acceptors (Lipinski definition) is 5. The highest BCUT2D eigenvalue weighted by Gasteiger charge is 2.36. The second-order valence-electron chi connectivity index (χ2n) is 5.12. The molecule has 1 fully saturated rings. The van der Waals surface area contributed by atoms with Crippen molar-refractivity contribution in [2.45, 2.75) is 32.1 Å². The lowest BCUT2D eigenvalue weighted by atomic mass is 10.1. The second kappa shape index (κ2) is 5.47. The van der Waals surface area contributed by atoms with Gasteiger partial charge in [0.15, 0.2) is 0 Å². The molecule has 0 aliphatic carbocycles. The minimum atomic E-state index is -4.63. The van der Waals surface area contributed by atoms with Crippen LogP contribution in [-0.4, -0.2) is 35.1 Å². The summed E-state index contributed by atoms with van der Waals surface area (Å²) in [5, 5.41) is 14.2. The maximum atomic E-state index is 12.8. The fourth-order valence-corrected chi connectivity index (χ4v) is 2.32. The number of alkyl halides is 3. The molecule has 0 radical (unpaired) electrons. The zero-order chi connectivity index (χ0) is 15.8. The van der Waals surface area contributed by atoms with E-state index in [2.05, 4.69) is 10.3 Å². The van der Waals surface area contributed by atoms with Gasteiger partial charge in [0.05, 0.1) is 4.92 Å². The summed E-state index contributed by atoms with van der Waals surface area (Å²) in [6, 6.07) is 0.638. The predicted octanol–water partition coefficient (Wildman–Crippen LogP) is 2.20. The minimum Gasteiger partial charge on any atom is -0.360 e. The van der Waals surface area contributed by atoms with Crippen molar-refractivity contribution in [3.8, 4) is 0 Å². The summed E-state index contributed by atoms with van der Waals surface area (Å²) in [6.45, 7) is 4.61. The quantitative estimate of drug-likeness (QED) is 0.670. The number of nitrogens with zero attached hydrogens (tertiary/aromatic N) is 3. The molecule has 1 aromatic heterocycles. The molecule has 1 aliphatic heterocycles. The van der Waals surface area contributed by atoms with Crippen LogP contribution in [0.4, 0.5) is 24.5 Å². The molecular weight excluding hydrogens is 289 g/mol. The molecule has 0 aromatic carbocycles. The van der Waals surface area contributed by atoms with Gasteiger partial charge in [0.25, 0.3) is 0 Å². The number of hydrogen-bond donors (Lipinski definition) is 1. The topological polar surface area (TPSA) is 71.3 Å². The van der Waals surface area contributed by atoms with Gasteiger partial charge in [-0.05, 0) is 19.9 Å². The van der Waals surface area contributed by atoms with Gasteiger partial charge in [-0.1, -0.05) is 0 Å². The Bertz CT molecular complexity index is 550. The van der Waals surface area contributed by atoms with Crippen LogP contribution in [0, 0.1) is 10.1 Å². The number of nitro groups is 1. The normalized spacial score (nSPS) is 23.2. The first kappa shape index (κ1) is 15.5. The van der Waals surface area contributed by atoms with E-state index in [1.165, 1.54) is 0 Å². The lowest BCUT2D eigenvalue weighted by Gasteiger charge is -2.38. The van der Waals surface area contributed by atoms with Crippen LogP contribution in [0.2, 0.25) is 0 Å². The average Bonchev–Trinajstić information content (AvgIpc) is 2.39. The van der Waals surface area contributed by atoms with E-state index in [-0.39, 0.29) is 17.8 Å². The molecule has 0 bridgehead atoms. The summed E-state index contributed by atoms with van der Waals surface area (Å²) in [7, 11) is 0. The van der Waals surface area contributed by atoms with Crippen LogP contribution in [0.3, 0.4) is 0 Å². The zero-order valence-corrected chi connectivity index (χ0v) is 11.5.